The molecule has 4 heterocycles. The van der Waals surface area contributed by atoms with Crippen LogP contribution in [0.5, 0.6) is 0 Å². The van der Waals surface area contributed by atoms with Crippen LogP contribution in [0.15, 0.2) is 30.9 Å². The van der Waals surface area contributed by atoms with Crippen molar-refractivity contribution >= 4 is 11.8 Å². The van der Waals surface area contributed by atoms with Crippen molar-refractivity contribution in [3.63, 3.8) is 0 Å². The number of piperidine rings is 1. The Morgan fingerprint density at radius 1 is 0.800 bits per heavy atom. The van der Waals surface area contributed by atoms with Crippen molar-refractivity contribution in [3.05, 3.63) is 36.5 Å². The summed E-state index contributed by atoms with van der Waals surface area (Å²) in [5.74, 6) is 1.94. The van der Waals surface area contributed by atoms with E-state index in [-0.39, 0.29) is 0 Å². The number of anilines is 2. The average molecular weight is 339 g/mol. The fraction of sp³-hybridized carbons (Fsp3) is 0.556. The molecule has 132 valence electrons. The van der Waals surface area contributed by atoms with Crippen LogP contribution in [0.1, 0.15) is 25.0 Å². The lowest BCUT2D eigenvalue weighted by Crippen LogP contribution is -2.46. The summed E-state index contributed by atoms with van der Waals surface area (Å²) < 4.78 is 0. The first-order valence-corrected chi connectivity index (χ1v) is 9.19. The summed E-state index contributed by atoms with van der Waals surface area (Å²) in [5.41, 5.74) is 1.03. The minimum atomic E-state index is 0.866. The van der Waals surface area contributed by atoms with Gasteiger partial charge < -0.3 is 9.80 Å². The Kier molecular flexibility index (Phi) is 5.01. The third-order valence-electron chi connectivity index (χ3n) is 4.97. The standard InChI is InChI=1S/C18H25N7/c1-2-8-25(9-3-1)18-21-5-4-17(22-18)24-12-10-23(11-13-24)15-16-14-19-6-7-20-16/h4-7,14H,1-3,8-13,15H2. The molecule has 0 spiro atoms. The van der Waals surface area contributed by atoms with Gasteiger partial charge in [-0.3, -0.25) is 14.9 Å². The lowest BCUT2D eigenvalue weighted by Gasteiger charge is -2.35. The summed E-state index contributed by atoms with van der Waals surface area (Å²) in [7, 11) is 0. The molecule has 0 saturated carbocycles. The smallest absolute Gasteiger partial charge is 0.227 e. The van der Waals surface area contributed by atoms with Crippen LogP contribution >= 0.6 is 0 Å². The largest absolute Gasteiger partial charge is 0.354 e. The molecule has 7 heteroatoms. The predicted octanol–water partition coefficient (Wildman–Crippen LogP) is 1.58. The van der Waals surface area contributed by atoms with Gasteiger partial charge in [-0.2, -0.15) is 4.98 Å². The van der Waals surface area contributed by atoms with E-state index in [4.69, 9.17) is 4.98 Å². The first kappa shape index (κ1) is 16.2. The monoisotopic (exact) mass is 339 g/mol. The zero-order valence-corrected chi connectivity index (χ0v) is 14.6. The fourth-order valence-electron chi connectivity index (χ4n) is 3.54. The molecule has 0 amide bonds. The molecule has 0 N–H and O–H groups in total. The van der Waals surface area contributed by atoms with Gasteiger partial charge in [0.1, 0.15) is 5.82 Å². The normalized spacial score (nSPS) is 19.2. The topological polar surface area (TPSA) is 61.3 Å². The molecule has 7 nitrogen and oxygen atoms in total. The van der Waals surface area contributed by atoms with Crippen LogP contribution in [0.4, 0.5) is 11.8 Å². The summed E-state index contributed by atoms with van der Waals surface area (Å²) >= 11 is 0. The van der Waals surface area contributed by atoms with Gasteiger partial charge in [0.2, 0.25) is 5.95 Å². The zero-order valence-electron chi connectivity index (χ0n) is 14.6. The first-order valence-electron chi connectivity index (χ1n) is 9.19. The van der Waals surface area contributed by atoms with E-state index in [2.05, 4.69) is 29.7 Å². The Labute approximate surface area is 148 Å². The summed E-state index contributed by atoms with van der Waals surface area (Å²) in [6, 6.07) is 2.03. The number of nitrogens with zero attached hydrogens (tertiary/aromatic N) is 7. The highest BCUT2D eigenvalue weighted by Gasteiger charge is 2.20. The lowest BCUT2D eigenvalue weighted by atomic mass is 10.1. The number of hydrogen-bond acceptors (Lipinski definition) is 7. The first-order chi connectivity index (χ1) is 12.4. The van der Waals surface area contributed by atoms with Crippen LogP contribution < -0.4 is 9.80 Å². The van der Waals surface area contributed by atoms with E-state index >= 15 is 0 Å². The van der Waals surface area contributed by atoms with E-state index in [0.717, 1.165) is 63.3 Å². The van der Waals surface area contributed by atoms with Crippen LogP contribution in [0.2, 0.25) is 0 Å². The Morgan fingerprint density at radius 2 is 1.64 bits per heavy atom. The molecule has 2 aliphatic heterocycles. The van der Waals surface area contributed by atoms with E-state index in [1.165, 1.54) is 19.3 Å². The molecule has 2 aromatic rings. The number of hydrogen-bond donors (Lipinski definition) is 0. The van der Waals surface area contributed by atoms with Crippen LogP contribution in [-0.2, 0) is 6.54 Å². The van der Waals surface area contributed by atoms with Gasteiger partial charge in [0.05, 0.1) is 5.69 Å². The summed E-state index contributed by atoms with van der Waals surface area (Å²) in [6.07, 6.45) is 11.0. The molecule has 0 atom stereocenters. The van der Waals surface area contributed by atoms with Gasteiger partial charge in [-0.05, 0) is 25.3 Å². The van der Waals surface area contributed by atoms with Gasteiger partial charge in [0.15, 0.2) is 0 Å². The molecule has 25 heavy (non-hydrogen) atoms. The van der Waals surface area contributed by atoms with Gasteiger partial charge in [-0.15, -0.1) is 0 Å². The predicted molar refractivity (Wildman–Crippen MR) is 97.6 cm³/mol. The molecule has 2 saturated heterocycles. The van der Waals surface area contributed by atoms with E-state index in [0.29, 0.717) is 0 Å². The van der Waals surface area contributed by atoms with E-state index in [1.807, 2.05) is 18.5 Å². The molecule has 0 bridgehead atoms. The van der Waals surface area contributed by atoms with E-state index < -0.39 is 0 Å². The summed E-state index contributed by atoms with van der Waals surface area (Å²) in [4.78, 5) is 24.9. The highest BCUT2D eigenvalue weighted by molar-refractivity contribution is 5.44. The van der Waals surface area contributed by atoms with Crippen molar-refractivity contribution in [2.24, 2.45) is 0 Å². The minimum Gasteiger partial charge on any atom is -0.354 e. The molecule has 4 rings (SSSR count). The highest BCUT2D eigenvalue weighted by atomic mass is 15.3. The Balaban J connectivity index is 1.36. The molecular weight excluding hydrogens is 314 g/mol. The number of piperazine rings is 1. The maximum atomic E-state index is 4.83. The molecule has 0 unspecified atom stereocenters. The minimum absolute atomic E-state index is 0.866. The van der Waals surface area contributed by atoms with Gasteiger partial charge >= 0.3 is 0 Å². The summed E-state index contributed by atoms with van der Waals surface area (Å²) in [5, 5.41) is 0. The molecular formula is C18H25N7. The molecule has 2 aliphatic rings. The Hall–Kier alpha value is -2.28. The molecule has 0 radical (unpaired) electrons. The van der Waals surface area contributed by atoms with Crippen LogP contribution in [0.3, 0.4) is 0 Å². The Bertz CT molecular complexity index is 664. The highest BCUT2D eigenvalue weighted by Crippen LogP contribution is 2.20. The second-order valence-electron chi connectivity index (χ2n) is 6.72. The van der Waals surface area contributed by atoms with Gasteiger partial charge in [0.25, 0.3) is 0 Å². The lowest BCUT2D eigenvalue weighted by molar-refractivity contribution is 0.246. The SMILES string of the molecule is c1cnc(CN2CCN(c3ccnc(N4CCCCC4)n3)CC2)cn1. The van der Waals surface area contributed by atoms with Crippen molar-refractivity contribution in [1.82, 2.24) is 24.8 Å². The average Bonchev–Trinajstić information content (AvgIpc) is 2.70. The number of aromatic nitrogens is 4. The van der Waals surface area contributed by atoms with Crippen molar-refractivity contribution < 1.29 is 0 Å². The fourth-order valence-corrected chi connectivity index (χ4v) is 3.54. The molecule has 2 aromatic heterocycles. The number of rotatable bonds is 4. The maximum Gasteiger partial charge on any atom is 0.227 e. The summed E-state index contributed by atoms with van der Waals surface area (Å²) in [6.45, 7) is 7.02. The third kappa shape index (κ3) is 4.04. The quantitative estimate of drug-likeness (QED) is 0.838. The van der Waals surface area contributed by atoms with E-state index in [9.17, 15) is 0 Å². The van der Waals surface area contributed by atoms with Crippen LogP contribution in [0.25, 0.3) is 0 Å². The van der Waals surface area contributed by atoms with Crippen molar-refractivity contribution in [1.29, 1.82) is 0 Å². The van der Waals surface area contributed by atoms with Gasteiger partial charge in [-0.25, -0.2) is 4.98 Å². The second-order valence-corrected chi connectivity index (χ2v) is 6.72. The maximum absolute atomic E-state index is 4.83. The second kappa shape index (κ2) is 7.74. The molecule has 0 aromatic carbocycles. The Morgan fingerprint density at radius 3 is 2.40 bits per heavy atom. The van der Waals surface area contributed by atoms with Crippen LogP contribution in [-0.4, -0.2) is 64.1 Å². The van der Waals surface area contributed by atoms with Crippen LogP contribution in [0, 0.1) is 0 Å². The zero-order chi connectivity index (χ0) is 16.9. The molecule has 0 aliphatic carbocycles. The van der Waals surface area contributed by atoms with Crippen molar-refractivity contribution in [3.8, 4) is 0 Å². The third-order valence-corrected chi connectivity index (χ3v) is 4.97. The van der Waals surface area contributed by atoms with E-state index in [1.54, 1.807) is 12.4 Å². The van der Waals surface area contributed by atoms with Gasteiger partial charge in [0, 0.05) is 70.6 Å². The van der Waals surface area contributed by atoms with Gasteiger partial charge in [-0.1, -0.05) is 0 Å². The van der Waals surface area contributed by atoms with Crippen molar-refractivity contribution in [2.45, 2.75) is 25.8 Å². The van der Waals surface area contributed by atoms with Crippen molar-refractivity contribution in [2.75, 3.05) is 49.1 Å². The molecule has 2 fully saturated rings.